The Morgan fingerprint density at radius 3 is 2.56 bits per heavy atom. The Kier molecular flexibility index (Phi) is 5.39. The first kappa shape index (κ1) is 20.6. The van der Waals surface area contributed by atoms with Gasteiger partial charge in [0.15, 0.2) is 11.3 Å². The Hall–Kier alpha value is -3.25. The summed E-state index contributed by atoms with van der Waals surface area (Å²) in [4.78, 5) is 17.2. The van der Waals surface area contributed by atoms with Crippen LogP contribution in [0, 0.1) is 0 Å². The minimum Gasteiger partial charge on any atom is -0.451 e. The van der Waals surface area contributed by atoms with Crippen molar-refractivity contribution in [2.75, 3.05) is 5.32 Å². The second-order valence-corrected chi connectivity index (χ2v) is 8.15. The van der Waals surface area contributed by atoms with E-state index in [4.69, 9.17) is 43.6 Å². The van der Waals surface area contributed by atoms with E-state index in [1.807, 2.05) is 12.1 Å². The van der Waals surface area contributed by atoms with Gasteiger partial charge in [0.2, 0.25) is 5.89 Å². The van der Waals surface area contributed by atoms with Crippen molar-refractivity contribution in [1.29, 1.82) is 0 Å². The number of fused-ring (bicyclic) bond motifs is 1. The van der Waals surface area contributed by atoms with Gasteiger partial charge in [-0.25, -0.2) is 4.98 Å². The van der Waals surface area contributed by atoms with Gasteiger partial charge in [-0.15, -0.1) is 0 Å². The summed E-state index contributed by atoms with van der Waals surface area (Å²) < 4.78 is 11.5. The van der Waals surface area contributed by atoms with Crippen molar-refractivity contribution >= 4 is 57.5 Å². The lowest BCUT2D eigenvalue weighted by molar-refractivity contribution is 0.0997. The third-order valence-electron chi connectivity index (χ3n) is 4.76. The molecule has 0 aliphatic rings. The van der Waals surface area contributed by atoms with Crippen LogP contribution >= 0.6 is 34.8 Å². The van der Waals surface area contributed by atoms with E-state index >= 15 is 0 Å². The van der Waals surface area contributed by atoms with Crippen molar-refractivity contribution in [1.82, 2.24) is 4.98 Å². The molecule has 3 aromatic carbocycles. The number of carbonyl (C=O) groups excluding carboxylic acids is 1. The molecule has 0 atom stereocenters. The highest BCUT2D eigenvalue weighted by atomic mass is 35.5. The summed E-state index contributed by atoms with van der Waals surface area (Å²) in [7, 11) is 0. The van der Waals surface area contributed by atoms with Crippen LogP contribution in [0.2, 0.25) is 15.1 Å². The molecule has 2 heterocycles. The topological polar surface area (TPSA) is 68.3 Å². The maximum atomic E-state index is 12.7. The van der Waals surface area contributed by atoms with Crippen LogP contribution in [-0.2, 0) is 0 Å². The Morgan fingerprint density at radius 1 is 0.875 bits per heavy atom. The number of amides is 1. The third-order valence-corrected chi connectivity index (χ3v) is 5.82. The van der Waals surface area contributed by atoms with Crippen molar-refractivity contribution in [3.63, 3.8) is 0 Å². The number of oxazole rings is 1. The lowest BCUT2D eigenvalue weighted by atomic mass is 10.2. The second-order valence-electron chi connectivity index (χ2n) is 6.93. The molecule has 1 amide bonds. The summed E-state index contributed by atoms with van der Waals surface area (Å²) in [6.45, 7) is 0. The first-order chi connectivity index (χ1) is 15.5. The van der Waals surface area contributed by atoms with Crippen LogP contribution in [0.25, 0.3) is 33.9 Å². The summed E-state index contributed by atoms with van der Waals surface area (Å²) in [6, 6.07) is 20.9. The number of hydrogen-bond donors (Lipinski definition) is 1. The maximum absolute atomic E-state index is 12.7. The summed E-state index contributed by atoms with van der Waals surface area (Å²) in [5.74, 6) is 0.615. The molecule has 0 bridgehead atoms. The summed E-state index contributed by atoms with van der Waals surface area (Å²) in [5.41, 5.74) is 3.11. The van der Waals surface area contributed by atoms with Crippen molar-refractivity contribution in [3.8, 4) is 22.8 Å². The summed E-state index contributed by atoms with van der Waals surface area (Å²) in [5, 5.41) is 4.17. The molecular weight excluding hydrogens is 471 g/mol. The second kappa shape index (κ2) is 8.36. The van der Waals surface area contributed by atoms with Gasteiger partial charge in [0.1, 0.15) is 11.3 Å². The van der Waals surface area contributed by atoms with Gasteiger partial charge in [-0.05, 0) is 60.7 Å². The minimum absolute atomic E-state index is 0.135. The summed E-state index contributed by atoms with van der Waals surface area (Å²) >= 11 is 18.4. The van der Waals surface area contributed by atoms with Gasteiger partial charge in [-0.2, -0.15) is 0 Å². The zero-order valence-electron chi connectivity index (χ0n) is 16.2. The van der Waals surface area contributed by atoms with Gasteiger partial charge in [0, 0.05) is 21.8 Å². The highest BCUT2D eigenvalue weighted by Crippen LogP contribution is 2.34. The molecule has 0 saturated carbocycles. The molecule has 0 aliphatic heterocycles. The molecule has 2 aromatic heterocycles. The number of hydrogen-bond acceptors (Lipinski definition) is 4. The molecular formula is C24H13Cl3N2O3. The largest absolute Gasteiger partial charge is 0.451 e. The molecule has 1 N–H and O–H groups in total. The Labute approximate surface area is 197 Å². The number of benzene rings is 3. The van der Waals surface area contributed by atoms with Crippen molar-refractivity contribution in [3.05, 3.63) is 93.6 Å². The fraction of sp³-hybridized carbons (Fsp3) is 0. The number of nitrogens with one attached hydrogen (secondary N) is 1. The molecule has 0 fully saturated rings. The fourth-order valence-electron chi connectivity index (χ4n) is 3.24. The number of aromatic nitrogens is 1. The van der Waals surface area contributed by atoms with Gasteiger partial charge in [0.25, 0.3) is 5.91 Å². The number of nitrogens with zero attached hydrogens (tertiary/aromatic N) is 1. The van der Waals surface area contributed by atoms with Crippen LogP contribution in [0.3, 0.4) is 0 Å². The van der Waals surface area contributed by atoms with E-state index < -0.39 is 5.91 Å². The molecule has 5 aromatic rings. The number of furan rings is 1. The monoisotopic (exact) mass is 482 g/mol. The molecule has 0 radical (unpaired) electrons. The van der Waals surface area contributed by atoms with E-state index in [1.54, 1.807) is 60.7 Å². The minimum atomic E-state index is -0.410. The highest BCUT2D eigenvalue weighted by molar-refractivity contribution is 6.43. The van der Waals surface area contributed by atoms with Crippen molar-refractivity contribution < 1.29 is 13.6 Å². The van der Waals surface area contributed by atoms with Gasteiger partial charge >= 0.3 is 0 Å². The van der Waals surface area contributed by atoms with E-state index in [2.05, 4.69) is 10.3 Å². The van der Waals surface area contributed by atoms with E-state index in [1.165, 1.54) is 0 Å². The first-order valence-corrected chi connectivity index (χ1v) is 10.6. The third kappa shape index (κ3) is 3.98. The predicted octanol–water partition coefficient (Wildman–Crippen LogP) is 7.97. The highest BCUT2D eigenvalue weighted by Gasteiger charge is 2.16. The zero-order valence-corrected chi connectivity index (χ0v) is 18.5. The molecule has 0 spiro atoms. The molecule has 32 heavy (non-hydrogen) atoms. The lowest BCUT2D eigenvalue weighted by Gasteiger charge is -2.04. The quantitative estimate of drug-likeness (QED) is 0.281. The van der Waals surface area contributed by atoms with Crippen LogP contribution in [0.1, 0.15) is 10.6 Å². The Morgan fingerprint density at radius 2 is 1.72 bits per heavy atom. The van der Waals surface area contributed by atoms with Crippen LogP contribution in [0.5, 0.6) is 0 Å². The first-order valence-electron chi connectivity index (χ1n) is 9.50. The van der Waals surface area contributed by atoms with Crippen LogP contribution in [-0.4, -0.2) is 10.9 Å². The Balaban J connectivity index is 1.38. The molecule has 5 nitrogen and oxygen atoms in total. The zero-order chi connectivity index (χ0) is 22.2. The van der Waals surface area contributed by atoms with E-state index in [-0.39, 0.29) is 5.76 Å². The van der Waals surface area contributed by atoms with Crippen molar-refractivity contribution in [2.45, 2.75) is 0 Å². The maximum Gasteiger partial charge on any atom is 0.291 e. The van der Waals surface area contributed by atoms with E-state index in [0.29, 0.717) is 49.1 Å². The molecule has 0 aliphatic carbocycles. The molecule has 5 rings (SSSR count). The molecule has 0 unspecified atom stereocenters. The molecule has 158 valence electrons. The van der Waals surface area contributed by atoms with Gasteiger partial charge in [0.05, 0.1) is 10.0 Å². The molecule has 8 heteroatoms. The number of halogens is 3. The number of carbonyl (C=O) groups is 1. The smallest absolute Gasteiger partial charge is 0.291 e. The average molecular weight is 484 g/mol. The Bertz CT molecular complexity index is 1470. The lowest BCUT2D eigenvalue weighted by Crippen LogP contribution is -2.10. The molecule has 0 saturated heterocycles. The normalized spacial score (nSPS) is 11.1. The van der Waals surface area contributed by atoms with Crippen LogP contribution in [0.4, 0.5) is 5.69 Å². The predicted molar refractivity (Wildman–Crippen MR) is 127 cm³/mol. The standard InChI is InChI=1S/C24H13Cl3N2O3/c25-14-4-1-3-13(11-14)24-29-18-12-15(7-8-20(18)32-24)28-23(30)21-10-9-19(31-21)16-5-2-6-17(26)22(16)27/h1-12H,(H,28,30). The van der Waals surface area contributed by atoms with E-state index in [0.717, 1.165) is 5.56 Å². The summed E-state index contributed by atoms with van der Waals surface area (Å²) in [6.07, 6.45) is 0. The SMILES string of the molecule is O=C(Nc1ccc2oc(-c3cccc(Cl)c3)nc2c1)c1ccc(-c2cccc(Cl)c2Cl)o1. The number of anilines is 1. The van der Waals surface area contributed by atoms with Gasteiger partial charge in [-0.3, -0.25) is 4.79 Å². The number of rotatable bonds is 4. The van der Waals surface area contributed by atoms with Gasteiger partial charge < -0.3 is 14.2 Å². The van der Waals surface area contributed by atoms with Gasteiger partial charge in [-0.1, -0.05) is 46.9 Å². The van der Waals surface area contributed by atoms with Crippen LogP contribution < -0.4 is 5.32 Å². The van der Waals surface area contributed by atoms with Crippen LogP contribution in [0.15, 0.2) is 81.6 Å². The fourth-order valence-corrected chi connectivity index (χ4v) is 3.83. The van der Waals surface area contributed by atoms with E-state index in [9.17, 15) is 4.79 Å². The average Bonchev–Trinajstić information content (AvgIpc) is 3.43. The van der Waals surface area contributed by atoms with Crippen molar-refractivity contribution in [2.24, 2.45) is 0 Å².